The van der Waals surface area contributed by atoms with Crippen LogP contribution in [0, 0.1) is 6.92 Å². The highest BCUT2D eigenvalue weighted by atomic mass is 32.2. The van der Waals surface area contributed by atoms with Gasteiger partial charge in [0, 0.05) is 19.6 Å². The van der Waals surface area contributed by atoms with Crippen LogP contribution < -0.4 is 0 Å². The molecular weight excluding hydrogens is 288 g/mol. The number of likely N-dealkylation sites (N-methyl/N-ethyl adjacent to an activating group) is 1. The first-order chi connectivity index (χ1) is 10.00. The van der Waals surface area contributed by atoms with E-state index in [0.717, 1.165) is 25.1 Å². The van der Waals surface area contributed by atoms with Crippen molar-refractivity contribution in [3.05, 3.63) is 29.8 Å². The predicted molar refractivity (Wildman–Crippen MR) is 80.7 cm³/mol. The smallest absolute Gasteiger partial charge is 0.243 e. The number of piperidine rings is 1. The molecule has 0 radical (unpaired) electrons. The molecule has 5 nitrogen and oxygen atoms in total. The van der Waals surface area contributed by atoms with E-state index in [4.69, 9.17) is 4.74 Å². The minimum atomic E-state index is -3.46. The maximum atomic E-state index is 13.0. The zero-order chi connectivity index (χ0) is 15.0. The molecule has 1 aromatic rings. The first-order valence-electron chi connectivity index (χ1n) is 7.38. The highest BCUT2D eigenvalue weighted by Crippen LogP contribution is 2.29. The van der Waals surface area contributed by atoms with Gasteiger partial charge in [-0.25, -0.2) is 8.42 Å². The Bertz CT molecular complexity index is 617. The Kier molecular flexibility index (Phi) is 4.05. The van der Waals surface area contributed by atoms with Gasteiger partial charge in [-0.15, -0.1) is 0 Å². The second-order valence-electron chi connectivity index (χ2n) is 5.91. The fourth-order valence-corrected chi connectivity index (χ4v) is 5.12. The number of benzene rings is 1. The topological polar surface area (TPSA) is 49.9 Å². The van der Waals surface area contributed by atoms with Crippen molar-refractivity contribution in [2.45, 2.75) is 30.4 Å². The molecule has 0 unspecified atom stereocenters. The lowest BCUT2D eigenvalue weighted by Crippen LogP contribution is -2.60. The van der Waals surface area contributed by atoms with Gasteiger partial charge in [0.1, 0.15) is 0 Å². The van der Waals surface area contributed by atoms with Crippen LogP contribution in [0.5, 0.6) is 0 Å². The number of ether oxygens (including phenoxy) is 1. The highest BCUT2D eigenvalue weighted by molar-refractivity contribution is 7.89. The minimum Gasteiger partial charge on any atom is -0.375 e. The first kappa shape index (κ1) is 15.0. The van der Waals surface area contributed by atoms with Crippen molar-refractivity contribution in [3.8, 4) is 0 Å². The third-order valence-electron chi connectivity index (χ3n) is 4.42. The maximum Gasteiger partial charge on any atom is 0.243 e. The summed E-state index contributed by atoms with van der Waals surface area (Å²) >= 11 is 0. The summed E-state index contributed by atoms with van der Waals surface area (Å²) < 4.78 is 33.5. The summed E-state index contributed by atoms with van der Waals surface area (Å²) in [7, 11) is -1.43. The van der Waals surface area contributed by atoms with E-state index in [1.54, 1.807) is 16.4 Å². The molecule has 6 heteroatoms. The van der Waals surface area contributed by atoms with Crippen LogP contribution in [0.1, 0.15) is 12.0 Å². The van der Waals surface area contributed by atoms with Crippen LogP contribution in [0.25, 0.3) is 0 Å². The molecule has 0 saturated carbocycles. The van der Waals surface area contributed by atoms with Crippen LogP contribution in [0.4, 0.5) is 0 Å². The zero-order valence-corrected chi connectivity index (χ0v) is 13.3. The molecule has 0 N–H and O–H groups in total. The van der Waals surface area contributed by atoms with Crippen LogP contribution in [0.2, 0.25) is 0 Å². The van der Waals surface area contributed by atoms with E-state index in [1.165, 1.54) is 0 Å². The molecule has 116 valence electrons. The van der Waals surface area contributed by atoms with E-state index < -0.39 is 10.0 Å². The van der Waals surface area contributed by atoms with E-state index in [-0.39, 0.29) is 12.1 Å². The van der Waals surface area contributed by atoms with E-state index in [1.807, 2.05) is 26.1 Å². The predicted octanol–water partition coefficient (Wildman–Crippen LogP) is 1.09. The van der Waals surface area contributed by atoms with Gasteiger partial charge in [0.15, 0.2) is 0 Å². The Morgan fingerprint density at radius 1 is 1.24 bits per heavy atom. The summed E-state index contributed by atoms with van der Waals surface area (Å²) in [5, 5.41) is 0. The number of likely N-dealkylation sites (tertiary alicyclic amines) is 1. The third kappa shape index (κ3) is 2.73. The fourth-order valence-electron chi connectivity index (χ4n) is 3.27. The van der Waals surface area contributed by atoms with Crippen molar-refractivity contribution >= 4 is 10.0 Å². The normalized spacial score (nSPS) is 28.3. The summed E-state index contributed by atoms with van der Waals surface area (Å²) in [6.07, 6.45) is 0.912. The van der Waals surface area contributed by atoms with Gasteiger partial charge in [-0.3, -0.25) is 0 Å². The molecule has 0 aliphatic carbocycles. The summed E-state index contributed by atoms with van der Waals surface area (Å²) in [4.78, 5) is 2.59. The number of aryl methyl sites for hydroxylation is 1. The number of rotatable bonds is 2. The molecule has 2 atom stereocenters. The van der Waals surface area contributed by atoms with Gasteiger partial charge in [-0.05, 0) is 32.0 Å². The molecule has 0 spiro atoms. The first-order valence-corrected chi connectivity index (χ1v) is 8.82. The molecule has 2 fully saturated rings. The number of fused-ring (bicyclic) bond motifs is 1. The minimum absolute atomic E-state index is 0.0220. The molecule has 2 heterocycles. The van der Waals surface area contributed by atoms with Gasteiger partial charge < -0.3 is 9.64 Å². The molecule has 21 heavy (non-hydrogen) atoms. The molecule has 2 saturated heterocycles. The van der Waals surface area contributed by atoms with E-state index >= 15 is 0 Å². The molecule has 0 aromatic heterocycles. The summed E-state index contributed by atoms with van der Waals surface area (Å²) in [5.41, 5.74) is 0.796. The van der Waals surface area contributed by atoms with Gasteiger partial charge >= 0.3 is 0 Å². The highest BCUT2D eigenvalue weighted by Gasteiger charge is 2.42. The fraction of sp³-hybridized carbons (Fsp3) is 0.600. The summed E-state index contributed by atoms with van der Waals surface area (Å²) in [5.74, 6) is 0. The molecule has 1 aromatic carbocycles. The lowest BCUT2D eigenvalue weighted by Gasteiger charge is -2.45. The summed E-state index contributed by atoms with van der Waals surface area (Å²) in [6.45, 7) is 4.45. The Balaban J connectivity index is 1.96. The number of morpholine rings is 1. The lowest BCUT2D eigenvalue weighted by molar-refractivity contribution is -0.0719. The third-order valence-corrected chi connectivity index (χ3v) is 6.50. The average Bonchev–Trinajstić information content (AvgIpc) is 2.46. The van der Waals surface area contributed by atoms with Gasteiger partial charge in [0.05, 0.1) is 23.6 Å². The Morgan fingerprint density at radius 3 is 2.76 bits per heavy atom. The van der Waals surface area contributed by atoms with Gasteiger partial charge in [0.25, 0.3) is 0 Å². The monoisotopic (exact) mass is 310 g/mol. The van der Waals surface area contributed by atoms with Crippen molar-refractivity contribution in [3.63, 3.8) is 0 Å². The molecule has 2 aliphatic rings. The Labute approximate surface area is 126 Å². The van der Waals surface area contributed by atoms with Crippen molar-refractivity contribution in [1.82, 2.24) is 9.21 Å². The SMILES string of the molecule is Cc1ccccc1S(=O)(=O)N1CCO[C@@H]2CCN(C)C[C@@H]21. The van der Waals surface area contributed by atoms with Crippen molar-refractivity contribution in [2.24, 2.45) is 0 Å². The van der Waals surface area contributed by atoms with Crippen molar-refractivity contribution in [2.75, 3.05) is 33.3 Å². The molecule has 0 bridgehead atoms. The quantitative estimate of drug-likeness (QED) is 0.820. The van der Waals surface area contributed by atoms with Gasteiger partial charge in [-0.1, -0.05) is 18.2 Å². The Hall–Kier alpha value is -0.950. The van der Waals surface area contributed by atoms with Crippen LogP contribution >= 0.6 is 0 Å². The second kappa shape index (κ2) is 5.68. The lowest BCUT2D eigenvalue weighted by atomic mass is 10.0. The Morgan fingerprint density at radius 2 is 2.00 bits per heavy atom. The molecule has 3 rings (SSSR count). The number of hydrogen-bond donors (Lipinski definition) is 0. The van der Waals surface area contributed by atoms with Crippen LogP contribution in [0.3, 0.4) is 0 Å². The standard InChI is InChI=1S/C15H22N2O3S/c1-12-5-3-4-6-15(12)21(18,19)17-9-10-20-14-7-8-16(2)11-13(14)17/h3-6,13-14H,7-11H2,1-2H3/t13-,14+/m0/s1. The number of sulfonamides is 1. The van der Waals surface area contributed by atoms with Crippen molar-refractivity contribution < 1.29 is 13.2 Å². The average molecular weight is 310 g/mol. The van der Waals surface area contributed by atoms with Crippen molar-refractivity contribution in [1.29, 1.82) is 0 Å². The summed E-state index contributed by atoms with van der Waals surface area (Å²) in [6, 6.07) is 7.11. The van der Waals surface area contributed by atoms with Gasteiger partial charge in [-0.2, -0.15) is 4.31 Å². The molecule has 2 aliphatic heterocycles. The largest absolute Gasteiger partial charge is 0.375 e. The van der Waals surface area contributed by atoms with Gasteiger partial charge in [0.2, 0.25) is 10.0 Å². The molecular formula is C15H22N2O3S. The second-order valence-corrected chi connectivity index (χ2v) is 7.77. The van der Waals surface area contributed by atoms with Crippen LogP contribution in [0.15, 0.2) is 29.2 Å². The molecule has 0 amide bonds. The van der Waals surface area contributed by atoms with Crippen LogP contribution in [-0.2, 0) is 14.8 Å². The maximum absolute atomic E-state index is 13.0. The van der Waals surface area contributed by atoms with E-state index in [0.29, 0.717) is 18.0 Å². The number of nitrogens with zero attached hydrogens (tertiary/aromatic N) is 2. The van der Waals surface area contributed by atoms with E-state index in [2.05, 4.69) is 4.90 Å². The van der Waals surface area contributed by atoms with Crippen LogP contribution in [-0.4, -0.2) is 63.1 Å². The zero-order valence-electron chi connectivity index (χ0n) is 12.5. The van der Waals surface area contributed by atoms with E-state index in [9.17, 15) is 8.42 Å². The number of hydrogen-bond acceptors (Lipinski definition) is 4.